The van der Waals surface area contributed by atoms with Crippen molar-refractivity contribution in [3.8, 4) is 0 Å². The van der Waals surface area contributed by atoms with Crippen molar-refractivity contribution in [2.75, 3.05) is 6.26 Å². The van der Waals surface area contributed by atoms with Crippen molar-refractivity contribution >= 4 is 33.7 Å². The van der Waals surface area contributed by atoms with Crippen molar-refractivity contribution in [2.24, 2.45) is 5.10 Å². The van der Waals surface area contributed by atoms with Gasteiger partial charge in [0.1, 0.15) is 22.4 Å². The maximum atomic E-state index is 11.9. The van der Waals surface area contributed by atoms with Crippen molar-refractivity contribution in [1.29, 1.82) is 0 Å². The van der Waals surface area contributed by atoms with Crippen LogP contribution in [0.1, 0.15) is 45.4 Å². The van der Waals surface area contributed by atoms with Crippen LogP contribution >= 0.6 is 10.8 Å². The first kappa shape index (κ1) is 13.9. The van der Waals surface area contributed by atoms with Gasteiger partial charge in [-0.25, -0.2) is 5.01 Å². The number of carbonyl (C=O) groups is 1. The maximum absolute atomic E-state index is 11.9. The van der Waals surface area contributed by atoms with Crippen LogP contribution in [0, 0.1) is 0 Å². The molecule has 0 spiro atoms. The van der Waals surface area contributed by atoms with Crippen molar-refractivity contribution in [2.45, 2.75) is 50.8 Å². The fraction of sp³-hybridized carbons (Fsp3) is 0.818. The summed E-state index contributed by atoms with van der Waals surface area (Å²) in [5.74, 6) is 0.168. The Balaban J connectivity index is 2.62. The first-order valence-corrected chi connectivity index (χ1v) is 8.68. The summed E-state index contributed by atoms with van der Waals surface area (Å²) in [6.07, 6.45) is 10.2. The Morgan fingerprint density at radius 2 is 2.19 bits per heavy atom. The molecule has 3 nitrogen and oxygen atoms in total. The topological polar surface area (TPSA) is 32.7 Å². The van der Waals surface area contributed by atoms with E-state index in [4.69, 9.17) is 0 Å². The quantitative estimate of drug-likeness (QED) is 0.444. The molecule has 92 valence electrons. The number of nitrogens with zero attached hydrogens (tertiary/aromatic N) is 2. The minimum absolute atomic E-state index is 0.148. The van der Waals surface area contributed by atoms with Crippen molar-refractivity contribution < 1.29 is 4.79 Å². The van der Waals surface area contributed by atoms with Crippen LogP contribution in [-0.2, 0) is 15.6 Å². The molecule has 0 N–H and O–H groups in total. The van der Waals surface area contributed by atoms with Gasteiger partial charge in [-0.1, -0.05) is 12.8 Å². The lowest BCUT2D eigenvalue weighted by Gasteiger charge is -2.21. The van der Waals surface area contributed by atoms with E-state index in [0.29, 0.717) is 6.42 Å². The van der Waals surface area contributed by atoms with Gasteiger partial charge in [-0.2, -0.15) is 5.10 Å². The molecule has 0 aromatic rings. The van der Waals surface area contributed by atoms with Gasteiger partial charge < -0.3 is 0 Å². The van der Waals surface area contributed by atoms with E-state index in [9.17, 15) is 4.79 Å². The molecule has 1 aliphatic heterocycles. The molecule has 0 saturated carbocycles. The average Bonchev–Trinajstić information content (AvgIpc) is 2.27. The Bertz CT molecular complexity index is 246. The predicted octanol–water partition coefficient (Wildman–Crippen LogP) is 2.59. The third kappa shape index (κ3) is 4.78. The van der Waals surface area contributed by atoms with Crippen LogP contribution in [-0.4, -0.2) is 28.8 Å². The van der Waals surface area contributed by atoms with Crippen LogP contribution in [0.5, 0.6) is 0 Å². The summed E-state index contributed by atoms with van der Waals surface area (Å²) in [5, 5.41) is 6.13. The van der Waals surface area contributed by atoms with E-state index in [1.807, 2.05) is 13.1 Å². The van der Waals surface area contributed by atoms with Crippen LogP contribution in [0.25, 0.3) is 0 Å². The SMILES string of the molecule is C[SH+]SC(C)N1/N=C\CCCCCCC1=O. The third-order valence-electron chi connectivity index (χ3n) is 2.54. The summed E-state index contributed by atoms with van der Waals surface area (Å²) < 4.78 is 0. The molecule has 1 rings (SSSR count). The highest BCUT2D eigenvalue weighted by Crippen LogP contribution is 2.19. The normalized spacial score (nSPS) is 22.9. The van der Waals surface area contributed by atoms with Gasteiger partial charge in [0.25, 0.3) is 0 Å². The summed E-state index contributed by atoms with van der Waals surface area (Å²) in [4.78, 5) is 11.9. The number of thiol groups is 1. The zero-order valence-corrected chi connectivity index (χ0v) is 11.8. The number of hydrogen-bond acceptors (Lipinski definition) is 3. The molecule has 0 saturated heterocycles. The van der Waals surface area contributed by atoms with Crippen molar-refractivity contribution in [1.82, 2.24) is 5.01 Å². The van der Waals surface area contributed by atoms with Gasteiger partial charge in [-0.3, -0.25) is 4.79 Å². The lowest BCUT2D eigenvalue weighted by atomic mass is 10.1. The highest BCUT2D eigenvalue weighted by atomic mass is 33.1. The Morgan fingerprint density at radius 3 is 2.94 bits per heavy atom. The second-order valence-electron chi connectivity index (χ2n) is 3.88. The van der Waals surface area contributed by atoms with E-state index >= 15 is 0 Å². The summed E-state index contributed by atoms with van der Waals surface area (Å²) in [6, 6.07) is 0. The fourth-order valence-corrected chi connectivity index (χ4v) is 3.43. The second kappa shape index (κ2) is 8.01. The molecule has 16 heavy (non-hydrogen) atoms. The molecule has 1 heterocycles. The molecule has 0 radical (unpaired) electrons. The zero-order chi connectivity index (χ0) is 11.8. The predicted molar refractivity (Wildman–Crippen MR) is 74.8 cm³/mol. The smallest absolute Gasteiger partial charge is 0.243 e. The molecule has 0 aromatic heterocycles. The largest absolute Gasteiger partial charge is 0.273 e. The minimum Gasteiger partial charge on any atom is -0.273 e. The zero-order valence-electron chi connectivity index (χ0n) is 10.1. The van der Waals surface area contributed by atoms with Gasteiger partial charge in [0, 0.05) is 23.4 Å². The molecule has 1 amide bonds. The first-order chi connectivity index (χ1) is 7.75. The van der Waals surface area contributed by atoms with E-state index in [-0.39, 0.29) is 11.3 Å². The van der Waals surface area contributed by atoms with Gasteiger partial charge in [0.15, 0.2) is 0 Å². The van der Waals surface area contributed by atoms with E-state index in [2.05, 4.69) is 11.4 Å². The fourth-order valence-electron chi connectivity index (χ4n) is 1.68. The van der Waals surface area contributed by atoms with Crippen LogP contribution in [0.2, 0.25) is 0 Å². The lowest BCUT2D eigenvalue weighted by molar-refractivity contribution is -0.131. The molecular formula is C11H21N2OS2+. The van der Waals surface area contributed by atoms with Crippen LogP contribution in [0.4, 0.5) is 0 Å². The number of amides is 1. The summed E-state index contributed by atoms with van der Waals surface area (Å²) in [6.45, 7) is 2.04. The van der Waals surface area contributed by atoms with Gasteiger partial charge in [-0.15, -0.1) is 0 Å². The van der Waals surface area contributed by atoms with E-state index in [1.54, 1.807) is 15.8 Å². The van der Waals surface area contributed by atoms with Gasteiger partial charge in [0.2, 0.25) is 5.91 Å². The monoisotopic (exact) mass is 261 g/mol. The molecule has 0 aromatic carbocycles. The highest BCUT2D eigenvalue weighted by Gasteiger charge is 2.22. The molecule has 0 fully saturated rings. The molecule has 1 atom stereocenters. The van der Waals surface area contributed by atoms with Gasteiger partial charge in [-0.05, 0) is 26.2 Å². The number of carbonyl (C=O) groups excluding carboxylic acids is 1. The molecule has 0 aliphatic carbocycles. The lowest BCUT2D eigenvalue weighted by Crippen LogP contribution is -2.32. The average molecular weight is 261 g/mol. The Hall–Kier alpha value is -0.160. The van der Waals surface area contributed by atoms with Crippen molar-refractivity contribution in [3.05, 3.63) is 0 Å². The number of hydrogen-bond donors (Lipinski definition) is 0. The molecular weight excluding hydrogens is 240 g/mol. The standard InChI is InChI=1S/C11H20N2OS2/c1-10(16-15-2)13-11(14)8-6-4-3-5-7-9-12-13/h9-10H,3-8H2,1-2H3/p+1/b12-9-. The summed E-state index contributed by atoms with van der Waals surface area (Å²) in [5.41, 5.74) is 0. The highest BCUT2D eigenvalue weighted by molar-refractivity contribution is 8.66. The maximum Gasteiger partial charge on any atom is 0.243 e. The summed E-state index contributed by atoms with van der Waals surface area (Å²) >= 11 is 0. The second-order valence-corrected chi connectivity index (χ2v) is 6.86. The van der Waals surface area contributed by atoms with Crippen LogP contribution < -0.4 is 0 Å². The third-order valence-corrected chi connectivity index (χ3v) is 4.80. The number of hydrazone groups is 1. The Kier molecular flexibility index (Phi) is 6.96. The van der Waals surface area contributed by atoms with E-state index in [0.717, 1.165) is 12.8 Å². The number of rotatable bonds is 3. The van der Waals surface area contributed by atoms with Crippen LogP contribution in [0.3, 0.4) is 0 Å². The minimum atomic E-state index is 0.148. The van der Waals surface area contributed by atoms with E-state index in [1.165, 1.54) is 30.1 Å². The van der Waals surface area contributed by atoms with Crippen LogP contribution in [0.15, 0.2) is 5.10 Å². The molecule has 5 heteroatoms. The van der Waals surface area contributed by atoms with Gasteiger partial charge in [0.05, 0.1) is 0 Å². The first-order valence-electron chi connectivity index (χ1n) is 5.85. The van der Waals surface area contributed by atoms with Gasteiger partial charge >= 0.3 is 0 Å². The molecule has 1 aliphatic rings. The molecule has 1 unspecified atom stereocenters. The van der Waals surface area contributed by atoms with E-state index < -0.39 is 0 Å². The Morgan fingerprint density at radius 1 is 1.44 bits per heavy atom. The molecule has 0 bridgehead atoms. The Labute approximate surface area is 106 Å². The van der Waals surface area contributed by atoms with Crippen molar-refractivity contribution in [3.63, 3.8) is 0 Å². The summed E-state index contributed by atoms with van der Waals surface area (Å²) in [7, 11) is 2.97.